The van der Waals surface area contributed by atoms with Gasteiger partial charge in [-0.2, -0.15) is 0 Å². The smallest absolute Gasteiger partial charge is 0.220 e. The molecule has 8 heteroatoms. The number of para-hydroxylation sites is 1. The van der Waals surface area contributed by atoms with Gasteiger partial charge in [0.05, 0.1) is 25.6 Å². The van der Waals surface area contributed by atoms with E-state index in [-0.39, 0.29) is 34.3 Å². The Kier molecular flexibility index (Phi) is 5.07. The maximum absolute atomic E-state index is 13.7. The van der Waals surface area contributed by atoms with Crippen molar-refractivity contribution >= 4 is 28.9 Å². The van der Waals surface area contributed by atoms with Crippen molar-refractivity contribution in [2.75, 3.05) is 19.6 Å². The molecule has 2 aromatic rings. The van der Waals surface area contributed by atoms with Crippen LogP contribution in [0, 0.1) is 5.92 Å². The van der Waals surface area contributed by atoms with Crippen molar-refractivity contribution in [2.24, 2.45) is 5.92 Å². The second-order valence-corrected chi connectivity index (χ2v) is 7.59. The van der Waals surface area contributed by atoms with Gasteiger partial charge >= 0.3 is 0 Å². The lowest BCUT2D eigenvalue weighted by Crippen LogP contribution is -2.55. The Morgan fingerprint density at radius 3 is 2.47 bits per heavy atom. The highest BCUT2D eigenvalue weighted by atomic mass is 35.5. The molecule has 156 valence electrons. The lowest BCUT2D eigenvalue weighted by molar-refractivity contribution is -0.117. The van der Waals surface area contributed by atoms with E-state index in [2.05, 4.69) is 10.9 Å². The average Bonchev–Trinajstić information content (AvgIpc) is 3.06. The molecular formula is C22H21ClN2O5. The number of carbonyl (C=O) groups is 2. The summed E-state index contributed by atoms with van der Waals surface area (Å²) in [4.78, 5) is 26.0. The molecule has 2 aromatic carbocycles. The molecule has 0 radical (unpaired) electrons. The van der Waals surface area contributed by atoms with Crippen molar-refractivity contribution in [1.29, 1.82) is 0 Å². The van der Waals surface area contributed by atoms with Crippen molar-refractivity contribution < 1.29 is 23.8 Å². The number of benzene rings is 2. The molecule has 2 N–H and O–H groups in total. The van der Waals surface area contributed by atoms with E-state index in [1.54, 1.807) is 13.0 Å². The fourth-order valence-electron chi connectivity index (χ4n) is 3.93. The summed E-state index contributed by atoms with van der Waals surface area (Å²) in [6, 6.07) is 10.9. The minimum Gasteiger partial charge on any atom is -0.496 e. The predicted octanol–water partition coefficient (Wildman–Crippen LogP) is 3.78. The predicted molar refractivity (Wildman–Crippen MR) is 112 cm³/mol. The third kappa shape index (κ3) is 2.97. The minimum atomic E-state index is -1.44. The van der Waals surface area contributed by atoms with Crippen LogP contribution in [-0.2, 0) is 4.79 Å². The molecule has 7 nitrogen and oxygen atoms in total. The van der Waals surface area contributed by atoms with Crippen molar-refractivity contribution in [3.05, 3.63) is 58.8 Å². The number of carbonyl (C=O) groups excluding carboxylic acids is 2. The third-order valence-electron chi connectivity index (χ3n) is 5.44. The average molecular weight is 429 g/mol. The highest BCUT2D eigenvalue weighted by molar-refractivity contribution is 6.35. The number of halogens is 1. The second-order valence-electron chi connectivity index (χ2n) is 7.21. The van der Waals surface area contributed by atoms with Crippen LogP contribution in [0.1, 0.15) is 23.7 Å². The molecule has 2 atom stereocenters. The van der Waals surface area contributed by atoms with Gasteiger partial charge in [-0.05, 0) is 12.1 Å². The molecule has 1 heterocycles. The Hall–Kier alpha value is -3.19. The van der Waals surface area contributed by atoms with E-state index in [9.17, 15) is 9.59 Å². The zero-order valence-corrected chi connectivity index (χ0v) is 17.5. The molecule has 0 unspecified atom stereocenters. The zero-order valence-electron chi connectivity index (χ0n) is 16.7. The first-order chi connectivity index (χ1) is 14.4. The minimum absolute atomic E-state index is 0.103. The fourth-order valence-corrected chi connectivity index (χ4v) is 4.20. The van der Waals surface area contributed by atoms with Crippen LogP contribution in [-0.4, -0.2) is 31.4 Å². The summed E-state index contributed by atoms with van der Waals surface area (Å²) < 4.78 is 17.0. The van der Waals surface area contributed by atoms with Crippen molar-refractivity contribution in [3.8, 4) is 17.2 Å². The number of ether oxygens (including phenoxy) is 3. The summed E-state index contributed by atoms with van der Waals surface area (Å²) in [6.45, 7) is 1.80. The van der Waals surface area contributed by atoms with Gasteiger partial charge in [-0.3, -0.25) is 9.59 Å². The normalized spacial score (nSPS) is 22.3. The molecule has 0 saturated carbocycles. The Labute approximate surface area is 178 Å². The summed E-state index contributed by atoms with van der Waals surface area (Å²) >= 11 is 6.47. The molecule has 0 bridgehead atoms. The quantitative estimate of drug-likeness (QED) is 0.701. The van der Waals surface area contributed by atoms with Gasteiger partial charge in [-0.1, -0.05) is 36.7 Å². The maximum Gasteiger partial charge on any atom is 0.220 e. The first-order valence-electron chi connectivity index (χ1n) is 9.42. The molecule has 0 amide bonds. The van der Waals surface area contributed by atoms with Crippen LogP contribution in [0.15, 0.2) is 48.2 Å². The molecule has 1 aliphatic heterocycles. The number of methoxy groups -OCH3 is 2. The van der Waals surface area contributed by atoms with Crippen LogP contribution in [0.3, 0.4) is 0 Å². The summed E-state index contributed by atoms with van der Waals surface area (Å²) in [6.07, 6.45) is 1.56. The number of rotatable bonds is 5. The zero-order chi connectivity index (χ0) is 21.5. The van der Waals surface area contributed by atoms with Gasteiger partial charge in [0, 0.05) is 24.5 Å². The standard InChI is InChI=1S/C22H21ClN2O5/c1-12-9-14(26)10-17(25-24-13-7-5-4-6-8-13)22(12)21(27)18-15(28-2)11-16(29-3)19(23)20(18)30-22/h4-8,10-12,24-25H,9H2,1-3H3/t12-,22+/m1/s1. The van der Waals surface area contributed by atoms with E-state index in [4.69, 9.17) is 25.8 Å². The second kappa shape index (κ2) is 7.57. The maximum atomic E-state index is 13.7. The number of nitrogens with one attached hydrogen (secondary N) is 2. The van der Waals surface area contributed by atoms with Gasteiger partial charge in [0.15, 0.2) is 11.5 Å². The van der Waals surface area contributed by atoms with E-state index < -0.39 is 11.5 Å². The van der Waals surface area contributed by atoms with Gasteiger partial charge in [0.1, 0.15) is 22.1 Å². The van der Waals surface area contributed by atoms with E-state index in [0.29, 0.717) is 17.2 Å². The summed E-state index contributed by atoms with van der Waals surface area (Å²) in [5.41, 5.74) is 5.91. The van der Waals surface area contributed by atoms with Crippen LogP contribution in [0.2, 0.25) is 5.02 Å². The summed E-state index contributed by atoms with van der Waals surface area (Å²) in [5.74, 6) is -0.0561. The van der Waals surface area contributed by atoms with Gasteiger partial charge in [0.25, 0.3) is 0 Å². The van der Waals surface area contributed by atoms with Crippen molar-refractivity contribution in [2.45, 2.75) is 18.9 Å². The number of hydrazine groups is 1. The van der Waals surface area contributed by atoms with Crippen LogP contribution < -0.4 is 25.1 Å². The number of allylic oxidation sites excluding steroid dienone is 1. The Balaban J connectivity index is 1.80. The topological polar surface area (TPSA) is 85.9 Å². The lowest BCUT2D eigenvalue weighted by atomic mass is 9.74. The molecule has 1 spiro atoms. The Bertz CT molecular complexity index is 1050. The van der Waals surface area contributed by atoms with Crippen molar-refractivity contribution in [3.63, 3.8) is 0 Å². The van der Waals surface area contributed by atoms with Crippen LogP contribution in [0.25, 0.3) is 0 Å². The van der Waals surface area contributed by atoms with E-state index in [1.807, 2.05) is 30.3 Å². The molecule has 30 heavy (non-hydrogen) atoms. The first-order valence-corrected chi connectivity index (χ1v) is 9.80. The molecule has 0 aromatic heterocycles. The fraction of sp³-hybridized carbons (Fsp3) is 0.273. The third-order valence-corrected chi connectivity index (χ3v) is 5.80. The molecule has 0 fully saturated rings. The Morgan fingerprint density at radius 2 is 1.80 bits per heavy atom. The molecule has 2 aliphatic rings. The van der Waals surface area contributed by atoms with Crippen LogP contribution in [0.4, 0.5) is 5.69 Å². The van der Waals surface area contributed by atoms with Gasteiger partial charge < -0.3 is 25.1 Å². The number of hydrogen-bond acceptors (Lipinski definition) is 7. The number of hydrogen-bond donors (Lipinski definition) is 2. The summed E-state index contributed by atoms with van der Waals surface area (Å²) in [7, 11) is 2.93. The molecule has 0 saturated heterocycles. The lowest BCUT2D eigenvalue weighted by Gasteiger charge is -2.38. The number of anilines is 1. The summed E-state index contributed by atoms with van der Waals surface area (Å²) in [5, 5.41) is 0.179. The SMILES string of the molecule is COc1cc(OC)c2c(c1Cl)O[C@]1(C2=O)C(NNc2ccccc2)=CC(=O)C[C@H]1C. The number of ketones is 2. The van der Waals surface area contributed by atoms with E-state index in [0.717, 1.165) is 5.69 Å². The Morgan fingerprint density at radius 1 is 1.10 bits per heavy atom. The monoisotopic (exact) mass is 428 g/mol. The van der Waals surface area contributed by atoms with E-state index >= 15 is 0 Å². The van der Waals surface area contributed by atoms with Gasteiger partial charge in [-0.25, -0.2) is 0 Å². The number of fused-ring (bicyclic) bond motifs is 1. The van der Waals surface area contributed by atoms with Crippen LogP contribution in [0.5, 0.6) is 17.2 Å². The van der Waals surface area contributed by atoms with E-state index in [1.165, 1.54) is 20.3 Å². The largest absolute Gasteiger partial charge is 0.496 e. The first kappa shape index (κ1) is 20.1. The number of Topliss-reactive ketones (excluding diaryl/α,β-unsaturated/α-hetero) is 1. The molecular weight excluding hydrogens is 408 g/mol. The highest BCUT2D eigenvalue weighted by Crippen LogP contribution is 2.53. The van der Waals surface area contributed by atoms with Gasteiger partial charge in [0.2, 0.25) is 11.4 Å². The highest BCUT2D eigenvalue weighted by Gasteiger charge is 2.59. The molecule has 4 rings (SSSR count). The molecule has 1 aliphatic carbocycles. The van der Waals surface area contributed by atoms with Crippen LogP contribution >= 0.6 is 11.6 Å². The van der Waals surface area contributed by atoms with Crippen molar-refractivity contribution in [1.82, 2.24) is 5.43 Å². The van der Waals surface area contributed by atoms with Gasteiger partial charge in [-0.15, -0.1) is 0 Å².